The van der Waals surface area contributed by atoms with Crippen LogP contribution in [0.4, 0.5) is 23.1 Å². The van der Waals surface area contributed by atoms with E-state index in [9.17, 15) is 4.79 Å². The summed E-state index contributed by atoms with van der Waals surface area (Å²) in [4.78, 5) is 22.4. The fourth-order valence-corrected chi connectivity index (χ4v) is 3.14. The molecule has 10 heteroatoms. The van der Waals surface area contributed by atoms with Crippen molar-refractivity contribution in [3.63, 3.8) is 0 Å². The summed E-state index contributed by atoms with van der Waals surface area (Å²) in [6, 6.07) is 7.79. The Morgan fingerprint density at radius 1 is 1.31 bits per heavy atom. The SMILES string of the molecule is Cn1cc(Nc2ncc(Cl)c(NCc3cccc(N4CCOCC4=O)c3)n2)cn1. The lowest BCUT2D eigenvalue weighted by Gasteiger charge is -2.27. The monoisotopic (exact) mass is 413 g/mol. The van der Waals surface area contributed by atoms with Crippen molar-refractivity contribution in [2.45, 2.75) is 6.54 Å². The van der Waals surface area contributed by atoms with Crippen LogP contribution in [0.15, 0.2) is 42.9 Å². The standard InChI is InChI=1S/C19H20ClN7O2/c1-26-11-14(9-23-26)24-19-22-10-16(20)18(25-19)21-8-13-3-2-4-15(7-13)27-5-6-29-12-17(27)28/h2-4,7,9-11H,5-6,8,12H2,1H3,(H2,21,22,24,25). The molecule has 0 saturated carbocycles. The number of ether oxygens (including phenoxy) is 1. The number of aryl methyl sites for hydroxylation is 1. The summed E-state index contributed by atoms with van der Waals surface area (Å²) in [6.45, 7) is 1.70. The van der Waals surface area contributed by atoms with Crippen molar-refractivity contribution < 1.29 is 9.53 Å². The summed E-state index contributed by atoms with van der Waals surface area (Å²) in [7, 11) is 1.83. The Balaban J connectivity index is 1.45. The molecule has 1 fully saturated rings. The molecule has 150 valence electrons. The zero-order chi connectivity index (χ0) is 20.2. The third-order valence-electron chi connectivity index (χ3n) is 4.37. The van der Waals surface area contributed by atoms with Crippen molar-refractivity contribution in [2.24, 2.45) is 7.05 Å². The van der Waals surface area contributed by atoms with Crippen molar-refractivity contribution in [3.8, 4) is 0 Å². The maximum atomic E-state index is 12.1. The smallest absolute Gasteiger partial charge is 0.253 e. The number of nitrogens with one attached hydrogen (secondary N) is 2. The van der Waals surface area contributed by atoms with Crippen molar-refractivity contribution in [1.82, 2.24) is 19.7 Å². The van der Waals surface area contributed by atoms with Gasteiger partial charge in [-0.05, 0) is 17.7 Å². The number of aromatic nitrogens is 4. The Labute approximate surface area is 172 Å². The molecule has 1 amide bonds. The lowest BCUT2D eigenvalue weighted by atomic mass is 10.1. The summed E-state index contributed by atoms with van der Waals surface area (Å²) in [5.74, 6) is 0.893. The second kappa shape index (κ2) is 8.46. The van der Waals surface area contributed by atoms with Crippen LogP contribution in [0.2, 0.25) is 5.02 Å². The van der Waals surface area contributed by atoms with E-state index in [1.165, 1.54) is 0 Å². The first kappa shape index (κ1) is 19.2. The topological polar surface area (TPSA) is 97.2 Å². The van der Waals surface area contributed by atoms with Gasteiger partial charge < -0.3 is 20.3 Å². The van der Waals surface area contributed by atoms with Crippen LogP contribution >= 0.6 is 11.6 Å². The molecule has 29 heavy (non-hydrogen) atoms. The molecule has 3 heterocycles. The number of amides is 1. The van der Waals surface area contributed by atoms with Gasteiger partial charge in [0, 0.05) is 32.0 Å². The highest BCUT2D eigenvalue weighted by atomic mass is 35.5. The molecule has 0 spiro atoms. The highest BCUT2D eigenvalue weighted by Crippen LogP contribution is 2.23. The number of benzene rings is 1. The third kappa shape index (κ3) is 4.64. The maximum Gasteiger partial charge on any atom is 0.253 e. The summed E-state index contributed by atoms with van der Waals surface area (Å²) in [5, 5.41) is 10.8. The van der Waals surface area contributed by atoms with Crippen LogP contribution in [0.25, 0.3) is 0 Å². The van der Waals surface area contributed by atoms with E-state index in [-0.39, 0.29) is 12.5 Å². The quantitative estimate of drug-likeness (QED) is 0.641. The molecule has 1 aromatic carbocycles. The second-order valence-electron chi connectivity index (χ2n) is 6.54. The molecule has 2 N–H and O–H groups in total. The number of hydrogen-bond acceptors (Lipinski definition) is 7. The Hall–Kier alpha value is -3.17. The van der Waals surface area contributed by atoms with E-state index in [0.29, 0.717) is 36.5 Å². The predicted octanol–water partition coefficient (Wildman–Crippen LogP) is 2.58. The number of carbonyl (C=O) groups is 1. The van der Waals surface area contributed by atoms with Gasteiger partial charge in [0.25, 0.3) is 5.91 Å². The van der Waals surface area contributed by atoms with Gasteiger partial charge >= 0.3 is 0 Å². The van der Waals surface area contributed by atoms with Gasteiger partial charge in [-0.15, -0.1) is 0 Å². The molecule has 2 aromatic heterocycles. The number of rotatable bonds is 6. The first-order valence-corrected chi connectivity index (χ1v) is 9.45. The number of hydrogen-bond donors (Lipinski definition) is 2. The molecule has 0 radical (unpaired) electrons. The molecule has 0 bridgehead atoms. The van der Waals surface area contributed by atoms with Crippen LogP contribution in [0, 0.1) is 0 Å². The number of carbonyl (C=O) groups excluding carboxylic acids is 1. The van der Waals surface area contributed by atoms with Crippen LogP contribution in [-0.2, 0) is 23.1 Å². The van der Waals surface area contributed by atoms with E-state index in [2.05, 4.69) is 25.7 Å². The normalized spacial score (nSPS) is 14.1. The molecular formula is C19H20ClN7O2. The Morgan fingerprint density at radius 3 is 3.00 bits per heavy atom. The van der Waals surface area contributed by atoms with Crippen molar-refractivity contribution in [1.29, 1.82) is 0 Å². The van der Waals surface area contributed by atoms with Crippen LogP contribution < -0.4 is 15.5 Å². The van der Waals surface area contributed by atoms with Crippen molar-refractivity contribution >= 4 is 40.6 Å². The highest BCUT2D eigenvalue weighted by Gasteiger charge is 2.20. The average molecular weight is 414 g/mol. The molecule has 0 aliphatic carbocycles. The Bertz CT molecular complexity index is 1020. The Morgan fingerprint density at radius 2 is 2.21 bits per heavy atom. The maximum absolute atomic E-state index is 12.1. The Kier molecular flexibility index (Phi) is 5.59. The minimum atomic E-state index is -0.0358. The molecule has 1 aliphatic rings. The molecule has 1 saturated heterocycles. The van der Waals surface area contributed by atoms with E-state index in [1.54, 1.807) is 22.0 Å². The molecule has 1 aliphatic heterocycles. The van der Waals surface area contributed by atoms with Crippen molar-refractivity contribution in [2.75, 3.05) is 35.3 Å². The summed E-state index contributed by atoms with van der Waals surface area (Å²) < 4.78 is 6.88. The number of nitrogens with zero attached hydrogens (tertiary/aromatic N) is 5. The van der Waals surface area contributed by atoms with Crippen LogP contribution in [0.3, 0.4) is 0 Å². The third-order valence-corrected chi connectivity index (χ3v) is 4.65. The summed E-state index contributed by atoms with van der Waals surface area (Å²) in [5.41, 5.74) is 2.63. The molecule has 0 atom stereocenters. The minimum absolute atomic E-state index is 0.0358. The molecule has 4 rings (SSSR count). The van der Waals surface area contributed by atoms with Gasteiger partial charge in [-0.1, -0.05) is 23.7 Å². The lowest BCUT2D eigenvalue weighted by Crippen LogP contribution is -2.41. The average Bonchev–Trinajstić information content (AvgIpc) is 3.13. The molecule has 3 aromatic rings. The van der Waals surface area contributed by atoms with Gasteiger partial charge in [-0.25, -0.2) is 4.98 Å². The van der Waals surface area contributed by atoms with E-state index in [0.717, 1.165) is 16.9 Å². The first-order valence-electron chi connectivity index (χ1n) is 9.07. The van der Waals surface area contributed by atoms with E-state index >= 15 is 0 Å². The fourth-order valence-electron chi connectivity index (χ4n) is 2.98. The summed E-state index contributed by atoms with van der Waals surface area (Å²) in [6.07, 6.45) is 5.05. The largest absolute Gasteiger partial charge is 0.370 e. The summed E-state index contributed by atoms with van der Waals surface area (Å²) >= 11 is 6.24. The lowest BCUT2D eigenvalue weighted by molar-refractivity contribution is -0.125. The zero-order valence-corrected chi connectivity index (χ0v) is 16.6. The molecule has 0 unspecified atom stereocenters. The van der Waals surface area contributed by atoms with Crippen LogP contribution in [0.5, 0.6) is 0 Å². The van der Waals surface area contributed by atoms with Gasteiger partial charge in [0.2, 0.25) is 5.95 Å². The number of anilines is 4. The minimum Gasteiger partial charge on any atom is -0.370 e. The first-order chi connectivity index (χ1) is 14.1. The van der Waals surface area contributed by atoms with Crippen LogP contribution in [-0.4, -0.2) is 45.4 Å². The van der Waals surface area contributed by atoms with E-state index < -0.39 is 0 Å². The van der Waals surface area contributed by atoms with E-state index in [4.69, 9.17) is 16.3 Å². The van der Waals surface area contributed by atoms with Gasteiger partial charge in [0.15, 0.2) is 5.82 Å². The predicted molar refractivity (Wildman–Crippen MR) is 110 cm³/mol. The zero-order valence-electron chi connectivity index (χ0n) is 15.8. The van der Waals surface area contributed by atoms with Gasteiger partial charge in [0.05, 0.1) is 24.7 Å². The number of halogens is 1. The molecule has 9 nitrogen and oxygen atoms in total. The van der Waals surface area contributed by atoms with Gasteiger partial charge in [-0.2, -0.15) is 10.1 Å². The van der Waals surface area contributed by atoms with Gasteiger partial charge in [0.1, 0.15) is 11.6 Å². The molecular weight excluding hydrogens is 394 g/mol. The second-order valence-corrected chi connectivity index (χ2v) is 6.95. The van der Waals surface area contributed by atoms with Crippen molar-refractivity contribution in [3.05, 3.63) is 53.4 Å². The highest BCUT2D eigenvalue weighted by molar-refractivity contribution is 6.32. The fraction of sp³-hybridized carbons (Fsp3) is 0.263. The van der Waals surface area contributed by atoms with Crippen LogP contribution in [0.1, 0.15) is 5.56 Å². The number of morpholine rings is 1. The van der Waals surface area contributed by atoms with Gasteiger partial charge in [-0.3, -0.25) is 9.48 Å². The van der Waals surface area contributed by atoms with E-state index in [1.807, 2.05) is 37.5 Å².